The third-order valence-corrected chi connectivity index (χ3v) is 6.64. The highest BCUT2D eigenvalue weighted by Crippen LogP contribution is 2.30. The predicted octanol–water partition coefficient (Wildman–Crippen LogP) is 4.90. The number of rotatable bonds is 8. The first-order valence-corrected chi connectivity index (χ1v) is 12.6. The first kappa shape index (κ1) is 25.8. The molecule has 2 heterocycles. The van der Waals surface area contributed by atoms with Crippen molar-refractivity contribution in [1.29, 1.82) is 0 Å². The monoisotopic (exact) mass is 495 g/mol. The van der Waals surface area contributed by atoms with Crippen LogP contribution in [0.1, 0.15) is 42.4 Å². The Hall–Kier alpha value is -3.26. The van der Waals surface area contributed by atoms with E-state index in [1.165, 1.54) is 36.4 Å². The van der Waals surface area contributed by atoms with Gasteiger partial charge in [-0.1, -0.05) is 26.8 Å². The maximum absolute atomic E-state index is 14.2. The SMILES string of the molecule is CCN1CCN(c2c(CN(CC(C)C)C(=O)c3ccc(F)cc3)c(C)nn2-c2cccc(F)c2)CC1. The van der Waals surface area contributed by atoms with Gasteiger partial charge in [-0.3, -0.25) is 4.79 Å². The zero-order valence-corrected chi connectivity index (χ0v) is 21.5. The van der Waals surface area contributed by atoms with E-state index in [0.717, 1.165) is 49.8 Å². The minimum absolute atomic E-state index is 0.150. The summed E-state index contributed by atoms with van der Waals surface area (Å²) in [6.07, 6.45) is 0. The van der Waals surface area contributed by atoms with Crippen LogP contribution in [0.3, 0.4) is 0 Å². The van der Waals surface area contributed by atoms with E-state index in [1.807, 2.05) is 22.6 Å². The summed E-state index contributed by atoms with van der Waals surface area (Å²) in [5, 5.41) is 4.82. The second kappa shape index (κ2) is 11.2. The molecule has 0 radical (unpaired) electrons. The van der Waals surface area contributed by atoms with Crippen molar-refractivity contribution in [2.75, 3.05) is 44.2 Å². The standard InChI is InChI=1S/C28H35F2N5O/c1-5-32-13-15-33(16-14-32)27-26(21(4)31-35(27)25-8-6-7-24(30)17-25)19-34(18-20(2)3)28(36)22-9-11-23(29)12-10-22/h6-12,17,20H,5,13-16,18-19H2,1-4H3. The number of hydrogen-bond donors (Lipinski definition) is 0. The summed E-state index contributed by atoms with van der Waals surface area (Å²) in [5.74, 6) is 0.293. The molecule has 1 saturated heterocycles. The number of halogens is 2. The largest absolute Gasteiger partial charge is 0.354 e. The van der Waals surface area contributed by atoms with Gasteiger partial charge in [0.15, 0.2) is 0 Å². The number of amides is 1. The van der Waals surface area contributed by atoms with Crippen LogP contribution in [0.25, 0.3) is 5.69 Å². The van der Waals surface area contributed by atoms with Gasteiger partial charge in [0.05, 0.1) is 17.9 Å². The Labute approximate surface area is 212 Å². The van der Waals surface area contributed by atoms with Crippen LogP contribution in [0, 0.1) is 24.5 Å². The number of nitrogens with zero attached hydrogens (tertiary/aromatic N) is 5. The summed E-state index contributed by atoms with van der Waals surface area (Å²) in [6.45, 7) is 13.6. The van der Waals surface area contributed by atoms with Crippen molar-refractivity contribution < 1.29 is 13.6 Å². The van der Waals surface area contributed by atoms with Crippen LogP contribution in [0.5, 0.6) is 0 Å². The first-order valence-electron chi connectivity index (χ1n) is 12.6. The number of piperazine rings is 1. The molecule has 0 unspecified atom stereocenters. The normalized spacial score (nSPS) is 14.5. The highest BCUT2D eigenvalue weighted by Gasteiger charge is 2.28. The molecule has 1 amide bonds. The molecule has 36 heavy (non-hydrogen) atoms. The Kier molecular flexibility index (Phi) is 8.04. The Balaban J connectivity index is 1.75. The molecule has 8 heteroatoms. The van der Waals surface area contributed by atoms with Gasteiger partial charge in [0.25, 0.3) is 5.91 Å². The zero-order valence-electron chi connectivity index (χ0n) is 21.5. The Morgan fingerprint density at radius 3 is 2.33 bits per heavy atom. The topological polar surface area (TPSA) is 44.6 Å². The average Bonchev–Trinajstić information content (AvgIpc) is 3.19. The van der Waals surface area contributed by atoms with Gasteiger partial charge in [-0.2, -0.15) is 5.10 Å². The predicted molar refractivity (Wildman–Crippen MR) is 139 cm³/mol. The Morgan fingerprint density at radius 2 is 1.72 bits per heavy atom. The van der Waals surface area contributed by atoms with Crippen LogP contribution >= 0.6 is 0 Å². The molecule has 4 rings (SSSR count). The van der Waals surface area contributed by atoms with E-state index < -0.39 is 0 Å². The summed E-state index contributed by atoms with van der Waals surface area (Å²) in [7, 11) is 0. The van der Waals surface area contributed by atoms with Crippen molar-refractivity contribution in [1.82, 2.24) is 19.6 Å². The molecule has 0 bridgehead atoms. The summed E-state index contributed by atoms with van der Waals surface area (Å²) >= 11 is 0. The van der Waals surface area contributed by atoms with Gasteiger partial charge in [0, 0.05) is 43.9 Å². The fraction of sp³-hybridized carbons (Fsp3) is 0.429. The van der Waals surface area contributed by atoms with Gasteiger partial charge in [0.1, 0.15) is 17.5 Å². The molecule has 1 aromatic heterocycles. The zero-order chi connectivity index (χ0) is 25.8. The highest BCUT2D eigenvalue weighted by molar-refractivity contribution is 5.94. The quantitative estimate of drug-likeness (QED) is 0.446. The molecule has 0 atom stereocenters. The molecule has 2 aromatic carbocycles. The fourth-order valence-electron chi connectivity index (χ4n) is 4.75. The molecule has 0 saturated carbocycles. The lowest BCUT2D eigenvalue weighted by atomic mass is 10.1. The smallest absolute Gasteiger partial charge is 0.254 e. The number of anilines is 1. The van der Waals surface area contributed by atoms with Crippen molar-refractivity contribution in [2.45, 2.75) is 34.2 Å². The van der Waals surface area contributed by atoms with Crippen molar-refractivity contribution in [3.8, 4) is 5.69 Å². The van der Waals surface area contributed by atoms with Crippen molar-refractivity contribution in [3.63, 3.8) is 0 Å². The minimum atomic E-state index is -0.373. The third kappa shape index (κ3) is 5.75. The molecule has 3 aromatic rings. The maximum Gasteiger partial charge on any atom is 0.254 e. The van der Waals surface area contributed by atoms with Gasteiger partial charge in [-0.25, -0.2) is 13.5 Å². The summed E-state index contributed by atoms with van der Waals surface area (Å²) in [6, 6.07) is 12.1. The van der Waals surface area contributed by atoms with E-state index >= 15 is 0 Å². The summed E-state index contributed by atoms with van der Waals surface area (Å²) in [5.41, 5.74) is 2.84. The lowest BCUT2D eigenvalue weighted by Crippen LogP contribution is -2.47. The molecule has 0 N–H and O–H groups in total. The second-order valence-electron chi connectivity index (χ2n) is 9.79. The molecule has 192 valence electrons. The van der Waals surface area contributed by atoms with E-state index in [1.54, 1.807) is 6.07 Å². The van der Waals surface area contributed by atoms with E-state index in [0.29, 0.717) is 24.3 Å². The fourth-order valence-corrected chi connectivity index (χ4v) is 4.75. The molecule has 1 aliphatic heterocycles. The number of benzene rings is 2. The average molecular weight is 496 g/mol. The highest BCUT2D eigenvalue weighted by atomic mass is 19.1. The van der Waals surface area contributed by atoms with Crippen molar-refractivity contribution in [2.24, 2.45) is 5.92 Å². The van der Waals surface area contributed by atoms with Crippen LogP contribution < -0.4 is 4.90 Å². The van der Waals surface area contributed by atoms with E-state index in [9.17, 15) is 13.6 Å². The number of hydrogen-bond acceptors (Lipinski definition) is 4. The Morgan fingerprint density at radius 1 is 1.03 bits per heavy atom. The van der Waals surface area contributed by atoms with E-state index in [-0.39, 0.29) is 23.5 Å². The van der Waals surface area contributed by atoms with Crippen LogP contribution in [0.2, 0.25) is 0 Å². The molecule has 6 nitrogen and oxygen atoms in total. The lowest BCUT2D eigenvalue weighted by molar-refractivity contribution is 0.0722. The number of carbonyl (C=O) groups is 1. The minimum Gasteiger partial charge on any atom is -0.354 e. The molecule has 1 fully saturated rings. The number of aryl methyl sites for hydroxylation is 1. The van der Waals surface area contributed by atoms with Crippen LogP contribution in [0.15, 0.2) is 48.5 Å². The molecular formula is C28H35F2N5O. The van der Waals surface area contributed by atoms with Gasteiger partial charge in [-0.15, -0.1) is 0 Å². The van der Waals surface area contributed by atoms with E-state index in [4.69, 9.17) is 5.10 Å². The van der Waals surface area contributed by atoms with Gasteiger partial charge >= 0.3 is 0 Å². The van der Waals surface area contributed by atoms with Crippen molar-refractivity contribution >= 4 is 11.7 Å². The van der Waals surface area contributed by atoms with Crippen LogP contribution in [-0.2, 0) is 6.54 Å². The van der Waals surface area contributed by atoms with Gasteiger partial charge < -0.3 is 14.7 Å². The number of carbonyl (C=O) groups excluding carboxylic acids is 1. The molecular weight excluding hydrogens is 460 g/mol. The second-order valence-corrected chi connectivity index (χ2v) is 9.79. The van der Waals surface area contributed by atoms with Gasteiger partial charge in [-0.05, 0) is 61.9 Å². The molecule has 0 aliphatic carbocycles. The van der Waals surface area contributed by atoms with E-state index in [2.05, 4.69) is 30.6 Å². The first-order chi connectivity index (χ1) is 17.3. The maximum atomic E-state index is 14.2. The summed E-state index contributed by atoms with van der Waals surface area (Å²) in [4.78, 5) is 20.0. The molecule has 1 aliphatic rings. The Bertz CT molecular complexity index is 1180. The lowest BCUT2D eigenvalue weighted by Gasteiger charge is -2.36. The van der Waals surface area contributed by atoms with Crippen LogP contribution in [-0.4, -0.2) is 64.8 Å². The number of likely N-dealkylation sites (N-methyl/N-ethyl adjacent to an activating group) is 1. The van der Waals surface area contributed by atoms with Gasteiger partial charge in [0.2, 0.25) is 0 Å². The van der Waals surface area contributed by atoms with Crippen molar-refractivity contribution in [3.05, 3.63) is 77.0 Å². The third-order valence-electron chi connectivity index (χ3n) is 6.64. The summed E-state index contributed by atoms with van der Waals surface area (Å²) < 4.78 is 29.5. The van der Waals surface area contributed by atoms with Crippen LogP contribution in [0.4, 0.5) is 14.6 Å². The number of aromatic nitrogens is 2. The molecule has 0 spiro atoms.